The highest BCUT2D eigenvalue weighted by atomic mass is 79.9. The monoisotopic (exact) mass is 440 g/mol. The van der Waals surface area contributed by atoms with Gasteiger partial charge in [0.2, 0.25) is 5.91 Å². The number of aromatic nitrogens is 1. The number of Topliss-reactive ketones (excluding diaryl/α,β-unsaturated/α-hetero) is 1. The molecule has 28 heavy (non-hydrogen) atoms. The van der Waals surface area contributed by atoms with Gasteiger partial charge in [-0.3, -0.25) is 9.59 Å². The number of oxazole rings is 1. The summed E-state index contributed by atoms with van der Waals surface area (Å²) in [5.74, 6) is 1.04. The van der Waals surface area contributed by atoms with Crippen molar-refractivity contribution < 1.29 is 14.0 Å². The quantitative estimate of drug-likeness (QED) is 0.525. The number of para-hydroxylation sites is 2. The van der Waals surface area contributed by atoms with E-state index in [0.717, 1.165) is 34.3 Å². The number of nitrogens with zero attached hydrogens (tertiary/aromatic N) is 2. The second-order valence-electron chi connectivity index (χ2n) is 7.10. The normalized spacial score (nSPS) is 15.1. The minimum atomic E-state index is 0.00205. The van der Waals surface area contributed by atoms with Crippen molar-refractivity contribution in [2.45, 2.75) is 31.6 Å². The molecule has 1 aliphatic rings. The van der Waals surface area contributed by atoms with Crippen LogP contribution in [0.4, 0.5) is 0 Å². The van der Waals surface area contributed by atoms with Gasteiger partial charge < -0.3 is 9.32 Å². The van der Waals surface area contributed by atoms with Crippen LogP contribution in [-0.4, -0.2) is 34.7 Å². The van der Waals surface area contributed by atoms with Gasteiger partial charge in [0.1, 0.15) is 5.52 Å². The van der Waals surface area contributed by atoms with Crippen molar-refractivity contribution >= 4 is 38.7 Å². The first kappa shape index (κ1) is 18.9. The molecule has 5 nitrogen and oxygen atoms in total. The largest absolute Gasteiger partial charge is 0.440 e. The summed E-state index contributed by atoms with van der Waals surface area (Å²) in [5.41, 5.74) is 2.33. The number of fused-ring (bicyclic) bond motifs is 1. The maximum Gasteiger partial charge on any atom is 0.223 e. The molecule has 0 aliphatic carbocycles. The summed E-state index contributed by atoms with van der Waals surface area (Å²) in [6.07, 6.45) is 2.16. The molecule has 1 aromatic heterocycles. The van der Waals surface area contributed by atoms with Gasteiger partial charge in [0.05, 0.1) is 0 Å². The minimum Gasteiger partial charge on any atom is -0.440 e. The molecule has 0 unspecified atom stereocenters. The smallest absolute Gasteiger partial charge is 0.223 e. The number of carbonyl (C=O) groups excluding carboxylic acids is 2. The SMILES string of the molecule is O=C(CCC(=O)N1CCC(c2nc3ccccc3o2)CC1)c1ccc(Br)cc1. The topological polar surface area (TPSA) is 63.4 Å². The summed E-state index contributed by atoms with van der Waals surface area (Å²) < 4.78 is 6.81. The molecule has 4 rings (SSSR count). The lowest BCUT2D eigenvalue weighted by atomic mass is 9.96. The maximum atomic E-state index is 12.5. The van der Waals surface area contributed by atoms with Gasteiger partial charge in [-0.1, -0.05) is 40.2 Å². The number of hydrogen-bond acceptors (Lipinski definition) is 4. The second-order valence-corrected chi connectivity index (χ2v) is 8.02. The first-order valence-corrected chi connectivity index (χ1v) is 10.3. The summed E-state index contributed by atoms with van der Waals surface area (Å²) in [7, 11) is 0. The number of benzene rings is 2. The number of carbonyl (C=O) groups is 2. The highest BCUT2D eigenvalue weighted by Gasteiger charge is 2.27. The number of amides is 1. The Labute approximate surface area is 171 Å². The van der Waals surface area contributed by atoms with Crippen molar-refractivity contribution in [2.75, 3.05) is 13.1 Å². The number of rotatable bonds is 5. The van der Waals surface area contributed by atoms with Crippen LogP contribution in [0.2, 0.25) is 0 Å². The highest BCUT2D eigenvalue weighted by molar-refractivity contribution is 9.10. The minimum absolute atomic E-state index is 0.00205. The van der Waals surface area contributed by atoms with Gasteiger partial charge in [0.15, 0.2) is 17.3 Å². The van der Waals surface area contributed by atoms with Crippen LogP contribution >= 0.6 is 15.9 Å². The lowest BCUT2D eigenvalue weighted by Gasteiger charge is -2.30. The van der Waals surface area contributed by atoms with Crippen LogP contribution in [0.1, 0.15) is 47.8 Å². The molecule has 0 atom stereocenters. The summed E-state index contributed by atoms with van der Waals surface area (Å²) in [6.45, 7) is 1.35. The van der Waals surface area contributed by atoms with Crippen LogP contribution in [0.5, 0.6) is 0 Å². The molecule has 0 N–H and O–H groups in total. The average molecular weight is 441 g/mol. The zero-order valence-corrected chi connectivity index (χ0v) is 17.0. The van der Waals surface area contributed by atoms with E-state index in [1.165, 1.54) is 0 Å². The van der Waals surface area contributed by atoms with Gasteiger partial charge >= 0.3 is 0 Å². The van der Waals surface area contributed by atoms with Gasteiger partial charge in [-0.15, -0.1) is 0 Å². The van der Waals surface area contributed by atoms with E-state index in [0.29, 0.717) is 18.7 Å². The van der Waals surface area contributed by atoms with Crippen molar-refractivity contribution in [1.82, 2.24) is 9.88 Å². The van der Waals surface area contributed by atoms with Crippen LogP contribution in [0, 0.1) is 0 Å². The average Bonchev–Trinajstić information content (AvgIpc) is 3.16. The summed E-state index contributed by atoms with van der Waals surface area (Å²) in [4.78, 5) is 31.2. The molecule has 0 saturated carbocycles. The van der Waals surface area contributed by atoms with Gasteiger partial charge in [0, 0.05) is 41.9 Å². The molecule has 0 radical (unpaired) electrons. The van der Waals surface area contributed by atoms with E-state index in [4.69, 9.17) is 4.42 Å². The zero-order valence-electron chi connectivity index (χ0n) is 15.4. The number of hydrogen-bond donors (Lipinski definition) is 0. The number of piperidine rings is 1. The van der Waals surface area contributed by atoms with Crippen LogP contribution in [0.25, 0.3) is 11.1 Å². The van der Waals surface area contributed by atoms with Crippen LogP contribution in [0.3, 0.4) is 0 Å². The molecule has 1 saturated heterocycles. The Hall–Kier alpha value is -2.47. The van der Waals surface area contributed by atoms with Crippen molar-refractivity contribution in [3.05, 3.63) is 64.5 Å². The van der Waals surface area contributed by atoms with E-state index in [9.17, 15) is 9.59 Å². The van der Waals surface area contributed by atoms with Crippen molar-refractivity contribution in [3.63, 3.8) is 0 Å². The molecule has 3 aromatic rings. The zero-order chi connectivity index (χ0) is 19.5. The lowest BCUT2D eigenvalue weighted by molar-refractivity contribution is -0.132. The summed E-state index contributed by atoms with van der Waals surface area (Å²) in [6, 6.07) is 15.0. The Morgan fingerprint density at radius 3 is 2.46 bits per heavy atom. The molecular formula is C22H21BrN2O3. The highest BCUT2D eigenvalue weighted by Crippen LogP contribution is 2.30. The maximum absolute atomic E-state index is 12.5. The third-order valence-corrected chi connectivity index (χ3v) is 5.77. The first-order valence-electron chi connectivity index (χ1n) is 9.52. The first-order chi connectivity index (χ1) is 13.6. The van der Waals surface area contributed by atoms with Crippen molar-refractivity contribution in [1.29, 1.82) is 0 Å². The molecule has 144 valence electrons. The van der Waals surface area contributed by atoms with E-state index >= 15 is 0 Å². The Balaban J connectivity index is 1.29. The molecule has 2 aromatic carbocycles. The fourth-order valence-corrected chi connectivity index (χ4v) is 3.86. The van der Waals surface area contributed by atoms with Gasteiger partial charge in [0.25, 0.3) is 0 Å². The van der Waals surface area contributed by atoms with Crippen molar-refractivity contribution in [2.24, 2.45) is 0 Å². The third kappa shape index (κ3) is 4.17. The Morgan fingerprint density at radius 1 is 1.04 bits per heavy atom. The Bertz CT molecular complexity index is 955. The van der Waals surface area contributed by atoms with Gasteiger partial charge in [-0.05, 0) is 37.1 Å². The predicted octanol–water partition coefficient (Wildman–Crippen LogP) is 4.96. The number of halogens is 1. The summed E-state index contributed by atoms with van der Waals surface area (Å²) in [5, 5.41) is 0. The van der Waals surface area contributed by atoms with Crippen molar-refractivity contribution in [3.8, 4) is 0 Å². The fourth-order valence-electron chi connectivity index (χ4n) is 3.60. The summed E-state index contributed by atoms with van der Waals surface area (Å²) >= 11 is 3.36. The lowest BCUT2D eigenvalue weighted by Crippen LogP contribution is -2.38. The molecular weight excluding hydrogens is 420 g/mol. The van der Waals surface area contributed by atoms with Crippen LogP contribution < -0.4 is 0 Å². The van der Waals surface area contributed by atoms with Crippen LogP contribution in [0.15, 0.2) is 57.4 Å². The molecule has 0 bridgehead atoms. The molecule has 0 spiro atoms. The predicted molar refractivity (Wildman–Crippen MR) is 110 cm³/mol. The molecule has 1 fully saturated rings. The Kier molecular flexibility index (Phi) is 5.57. The van der Waals surface area contributed by atoms with E-state index < -0.39 is 0 Å². The van der Waals surface area contributed by atoms with Gasteiger partial charge in [-0.2, -0.15) is 0 Å². The Morgan fingerprint density at radius 2 is 1.75 bits per heavy atom. The molecule has 2 heterocycles. The molecule has 1 amide bonds. The van der Waals surface area contributed by atoms with E-state index in [1.807, 2.05) is 41.3 Å². The second kappa shape index (κ2) is 8.27. The van der Waals surface area contributed by atoms with Gasteiger partial charge in [-0.25, -0.2) is 4.98 Å². The molecule has 6 heteroatoms. The fraction of sp³-hybridized carbons (Fsp3) is 0.318. The number of ketones is 1. The van der Waals surface area contributed by atoms with E-state index in [2.05, 4.69) is 20.9 Å². The van der Waals surface area contributed by atoms with Crippen LogP contribution in [-0.2, 0) is 4.79 Å². The van der Waals surface area contributed by atoms with E-state index in [-0.39, 0.29) is 30.4 Å². The number of likely N-dealkylation sites (tertiary alicyclic amines) is 1. The third-order valence-electron chi connectivity index (χ3n) is 5.24. The van der Waals surface area contributed by atoms with E-state index in [1.54, 1.807) is 12.1 Å². The standard InChI is InChI=1S/C22H21BrN2O3/c23-17-7-5-15(6-8-17)19(26)9-10-21(27)25-13-11-16(12-14-25)22-24-18-3-1-2-4-20(18)28-22/h1-8,16H,9-14H2. The molecule has 1 aliphatic heterocycles.